The van der Waals surface area contributed by atoms with Gasteiger partial charge in [-0.25, -0.2) is 0 Å². The zero-order valence-corrected chi connectivity index (χ0v) is 13.0. The van der Waals surface area contributed by atoms with E-state index in [0.29, 0.717) is 37.0 Å². The van der Waals surface area contributed by atoms with E-state index in [1.54, 1.807) is 0 Å². The first-order chi connectivity index (χ1) is 9.58. The quantitative estimate of drug-likeness (QED) is 0.725. The largest absolute Gasteiger partial charge is 0.392 e. The number of thiocarbonyl (C=S) groups is 1. The number of rotatable bonds is 5. The van der Waals surface area contributed by atoms with E-state index >= 15 is 0 Å². The predicted octanol–water partition coefficient (Wildman–Crippen LogP) is 0.527. The molecule has 2 rings (SSSR count). The Labute approximate surface area is 126 Å². The van der Waals surface area contributed by atoms with Crippen molar-refractivity contribution in [2.45, 2.75) is 26.2 Å². The summed E-state index contributed by atoms with van der Waals surface area (Å²) in [5, 5.41) is 3.07. The third-order valence-corrected chi connectivity index (χ3v) is 5.01. The van der Waals surface area contributed by atoms with Crippen molar-refractivity contribution in [2.75, 3.05) is 39.4 Å². The summed E-state index contributed by atoms with van der Waals surface area (Å²) < 4.78 is 5.33. The third kappa shape index (κ3) is 3.30. The molecule has 5 nitrogen and oxygen atoms in total. The maximum Gasteiger partial charge on any atom is 0.233 e. The van der Waals surface area contributed by atoms with Gasteiger partial charge in [-0.2, -0.15) is 0 Å². The fourth-order valence-electron chi connectivity index (χ4n) is 3.08. The fourth-order valence-corrected chi connectivity index (χ4v) is 3.37. The molecule has 1 unspecified atom stereocenters. The van der Waals surface area contributed by atoms with Crippen LogP contribution in [0.2, 0.25) is 0 Å². The first-order valence-corrected chi connectivity index (χ1v) is 7.87. The van der Waals surface area contributed by atoms with Crippen LogP contribution in [0.4, 0.5) is 0 Å². The van der Waals surface area contributed by atoms with Gasteiger partial charge in [0.05, 0.1) is 4.99 Å². The number of nitrogens with zero attached hydrogens (tertiary/aromatic N) is 1. The SMILES string of the molecule is CCN1CCC(CNC(=O)C2(C(N)=S)CCOCC2)C1. The summed E-state index contributed by atoms with van der Waals surface area (Å²) >= 11 is 5.14. The van der Waals surface area contributed by atoms with E-state index in [1.807, 2.05) is 0 Å². The van der Waals surface area contributed by atoms with Crippen LogP contribution in [0.15, 0.2) is 0 Å². The van der Waals surface area contributed by atoms with E-state index in [2.05, 4.69) is 17.1 Å². The molecule has 0 spiro atoms. The highest BCUT2D eigenvalue weighted by atomic mass is 32.1. The van der Waals surface area contributed by atoms with E-state index in [1.165, 1.54) is 0 Å². The van der Waals surface area contributed by atoms with Gasteiger partial charge < -0.3 is 20.7 Å². The van der Waals surface area contributed by atoms with Gasteiger partial charge in [0, 0.05) is 26.3 Å². The Kier molecular flexibility index (Phi) is 5.35. The Bertz CT molecular complexity index is 369. The number of amides is 1. The monoisotopic (exact) mass is 299 g/mol. The Morgan fingerprint density at radius 3 is 2.75 bits per heavy atom. The molecule has 2 aliphatic heterocycles. The molecule has 0 aromatic carbocycles. The average Bonchev–Trinajstić information content (AvgIpc) is 2.93. The van der Waals surface area contributed by atoms with Crippen LogP contribution in [0, 0.1) is 11.3 Å². The zero-order valence-electron chi connectivity index (χ0n) is 12.2. The van der Waals surface area contributed by atoms with Gasteiger partial charge >= 0.3 is 0 Å². The molecule has 114 valence electrons. The van der Waals surface area contributed by atoms with Crippen LogP contribution in [0.5, 0.6) is 0 Å². The van der Waals surface area contributed by atoms with Crippen LogP contribution in [0.3, 0.4) is 0 Å². The van der Waals surface area contributed by atoms with E-state index < -0.39 is 5.41 Å². The van der Waals surface area contributed by atoms with Crippen molar-refractivity contribution in [1.29, 1.82) is 0 Å². The Balaban J connectivity index is 1.88. The number of carbonyl (C=O) groups excluding carboxylic acids is 1. The number of carbonyl (C=O) groups is 1. The van der Waals surface area contributed by atoms with Crippen LogP contribution in [0.1, 0.15) is 26.2 Å². The maximum atomic E-state index is 12.5. The lowest BCUT2D eigenvalue weighted by molar-refractivity contribution is -0.131. The van der Waals surface area contributed by atoms with Crippen LogP contribution in [0.25, 0.3) is 0 Å². The highest BCUT2D eigenvalue weighted by Gasteiger charge is 2.43. The van der Waals surface area contributed by atoms with Gasteiger partial charge in [-0.1, -0.05) is 19.1 Å². The number of hydrogen-bond acceptors (Lipinski definition) is 4. The minimum Gasteiger partial charge on any atom is -0.392 e. The number of nitrogens with two attached hydrogens (primary N) is 1. The second-order valence-corrected chi connectivity index (χ2v) is 6.26. The van der Waals surface area contributed by atoms with Crippen LogP contribution in [-0.4, -0.2) is 55.2 Å². The van der Waals surface area contributed by atoms with Crippen molar-refractivity contribution in [2.24, 2.45) is 17.1 Å². The van der Waals surface area contributed by atoms with Crippen LogP contribution >= 0.6 is 12.2 Å². The molecule has 0 aliphatic carbocycles. The van der Waals surface area contributed by atoms with Gasteiger partial charge in [0.1, 0.15) is 5.41 Å². The summed E-state index contributed by atoms with van der Waals surface area (Å²) in [6.45, 7) is 7.28. The normalized spacial score (nSPS) is 26.4. The number of ether oxygens (including phenoxy) is 1. The molecule has 0 bridgehead atoms. The molecule has 2 aliphatic rings. The zero-order chi connectivity index (χ0) is 14.6. The number of hydrogen-bond donors (Lipinski definition) is 2. The molecule has 2 heterocycles. The molecule has 20 heavy (non-hydrogen) atoms. The topological polar surface area (TPSA) is 67.6 Å². The van der Waals surface area contributed by atoms with Crippen molar-refractivity contribution in [1.82, 2.24) is 10.2 Å². The lowest BCUT2D eigenvalue weighted by Gasteiger charge is -2.35. The molecule has 2 fully saturated rings. The smallest absolute Gasteiger partial charge is 0.233 e. The van der Waals surface area contributed by atoms with E-state index in [-0.39, 0.29) is 5.91 Å². The maximum absolute atomic E-state index is 12.5. The highest BCUT2D eigenvalue weighted by molar-refractivity contribution is 7.80. The molecule has 6 heteroatoms. The molecule has 2 saturated heterocycles. The first kappa shape index (κ1) is 15.7. The Morgan fingerprint density at radius 1 is 1.50 bits per heavy atom. The van der Waals surface area contributed by atoms with Crippen molar-refractivity contribution in [3.8, 4) is 0 Å². The summed E-state index contributed by atoms with van der Waals surface area (Å²) in [5.41, 5.74) is 5.14. The standard InChI is InChI=1S/C14H25N3O2S/c1-2-17-6-3-11(10-17)9-16-13(18)14(12(15)20)4-7-19-8-5-14/h11H,2-10H2,1H3,(H2,15,20)(H,16,18). The summed E-state index contributed by atoms with van der Waals surface area (Å²) in [6, 6.07) is 0. The van der Waals surface area contributed by atoms with Gasteiger partial charge in [0.2, 0.25) is 5.91 Å². The summed E-state index contributed by atoms with van der Waals surface area (Å²) in [5.74, 6) is 0.533. The van der Waals surface area contributed by atoms with Gasteiger partial charge in [0.25, 0.3) is 0 Å². The summed E-state index contributed by atoms with van der Waals surface area (Å²) in [4.78, 5) is 15.2. The van der Waals surface area contributed by atoms with Crippen molar-refractivity contribution < 1.29 is 9.53 Å². The Hall–Kier alpha value is -0.720. The molecular formula is C14H25N3O2S. The average molecular weight is 299 g/mol. The molecule has 1 amide bonds. The molecule has 0 aromatic rings. The third-order valence-electron chi connectivity index (χ3n) is 4.62. The van der Waals surface area contributed by atoms with Gasteiger partial charge in [-0.3, -0.25) is 4.79 Å². The van der Waals surface area contributed by atoms with Crippen molar-refractivity contribution in [3.63, 3.8) is 0 Å². The van der Waals surface area contributed by atoms with Gasteiger partial charge in [0.15, 0.2) is 0 Å². The minimum absolute atomic E-state index is 0.0109. The van der Waals surface area contributed by atoms with Gasteiger partial charge in [-0.05, 0) is 38.3 Å². The van der Waals surface area contributed by atoms with E-state index in [0.717, 1.165) is 32.6 Å². The lowest BCUT2D eigenvalue weighted by atomic mass is 9.79. The van der Waals surface area contributed by atoms with E-state index in [9.17, 15) is 4.79 Å². The molecule has 0 aromatic heterocycles. The molecular weight excluding hydrogens is 274 g/mol. The van der Waals surface area contributed by atoms with Crippen LogP contribution in [-0.2, 0) is 9.53 Å². The first-order valence-electron chi connectivity index (χ1n) is 7.47. The highest BCUT2D eigenvalue weighted by Crippen LogP contribution is 2.31. The number of nitrogens with one attached hydrogen (secondary N) is 1. The molecule has 1 atom stereocenters. The summed E-state index contributed by atoms with van der Waals surface area (Å²) in [6.07, 6.45) is 2.34. The Morgan fingerprint density at radius 2 is 2.20 bits per heavy atom. The minimum atomic E-state index is -0.698. The summed E-state index contributed by atoms with van der Waals surface area (Å²) in [7, 11) is 0. The second kappa shape index (κ2) is 6.83. The van der Waals surface area contributed by atoms with Gasteiger partial charge in [-0.15, -0.1) is 0 Å². The van der Waals surface area contributed by atoms with E-state index in [4.69, 9.17) is 22.7 Å². The molecule has 0 saturated carbocycles. The van der Waals surface area contributed by atoms with Crippen molar-refractivity contribution >= 4 is 23.1 Å². The lowest BCUT2D eigenvalue weighted by Crippen LogP contribution is -2.52. The second-order valence-electron chi connectivity index (χ2n) is 5.82. The fraction of sp³-hybridized carbons (Fsp3) is 0.857. The molecule has 3 N–H and O–H groups in total. The predicted molar refractivity (Wildman–Crippen MR) is 82.5 cm³/mol. The number of likely N-dealkylation sites (tertiary alicyclic amines) is 1. The van der Waals surface area contributed by atoms with Crippen LogP contribution < -0.4 is 11.1 Å². The van der Waals surface area contributed by atoms with Crippen molar-refractivity contribution in [3.05, 3.63) is 0 Å². The molecule has 0 radical (unpaired) electrons.